The molecular weight excluding hydrogens is 212 g/mol. The summed E-state index contributed by atoms with van der Waals surface area (Å²) in [7, 11) is 4.15. The third-order valence-corrected chi connectivity index (χ3v) is 3.41. The van der Waals surface area contributed by atoms with E-state index in [0.717, 1.165) is 25.3 Å². The van der Waals surface area contributed by atoms with Crippen LogP contribution < -0.4 is 5.32 Å². The predicted molar refractivity (Wildman–Crippen MR) is 72.2 cm³/mol. The van der Waals surface area contributed by atoms with Crippen molar-refractivity contribution < 1.29 is 0 Å². The van der Waals surface area contributed by atoms with Gasteiger partial charge in [-0.1, -0.05) is 6.92 Å². The lowest BCUT2D eigenvalue weighted by Crippen LogP contribution is -2.37. The van der Waals surface area contributed by atoms with Crippen LogP contribution in [0.2, 0.25) is 0 Å². The van der Waals surface area contributed by atoms with Crippen LogP contribution in [0.4, 0.5) is 0 Å². The van der Waals surface area contributed by atoms with E-state index >= 15 is 0 Å². The molecule has 0 aliphatic carbocycles. The lowest BCUT2D eigenvalue weighted by molar-refractivity contribution is 0.309. The lowest BCUT2D eigenvalue weighted by atomic mass is 10.2. The van der Waals surface area contributed by atoms with Gasteiger partial charge >= 0.3 is 0 Å². The number of aryl methyl sites for hydroxylation is 2. The van der Waals surface area contributed by atoms with E-state index in [1.54, 1.807) is 0 Å². The van der Waals surface area contributed by atoms with Gasteiger partial charge in [0.1, 0.15) is 0 Å². The van der Waals surface area contributed by atoms with Crippen molar-refractivity contribution in [2.45, 2.75) is 40.3 Å². The van der Waals surface area contributed by atoms with E-state index in [0.29, 0.717) is 6.04 Å². The zero-order chi connectivity index (χ0) is 13.0. The first-order chi connectivity index (χ1) is 7.95. The molecule has 0 spiro atoms. The van der Waals surface area contributed by atoms with E-state index in [9.17, 15) is 0 Å². The Hall–Kier alpha value is -0.870. The zero-order valence-corrected chi connectivity index (χ0v) is 12.0. The normalized spacial score (nSPS) is 13.4. The molecule has 1 unspecified atom stereocenters. The van der Waals surface area contributed by atoms with Crippen LogP contribution in [0, 0.1) is 13.8 Å². The summed E-state index contributed by atoms with van der Waals surface area (Å²) in [5.74, 6) is 0. The molecule has 0 radical (unpaired) electrons. The molecule has 1 heterocycles. The quantitative estimate of drug-likeness (QED) is 0.814. The summed E-state index contributed by atoms with van der Waals surface area (Å²) in [5.41, 5.74) is 3.72. The largest absolute Gasteiger partial charge is 0.309 e. The molecular formula is C13H26N4. The molecule has 4 heteroatoms. The average Bonchev–Trinajstić information content (AvgIpc) is 2.51. The summed E-state index contributed by atoms with van der Waals surface area (Å²) >= 11 is 0. The molecule has 1 aromatic heterocycles. The van der Waals surface area contributed by atoms with E-state index < -0.39 is 0 Å². The standard InChI is InChI=1S/C13H26N4/c1-7-16(5)9-10(2)14-8-13-11(3)15-17(6)12(13)4/h10,14H,7-9H2,1-6H3. The van der Waals surface area contributed by atoms with Crippen molar-refractivity contribution in [1.82, 2.24) is 20.0 Å². The number of rotatable bonds is 6. The molecule has 1 aromatic rings. The van der Waals surface area contributed by atoms with Gasteiger partial charge in [0.25, 0.3) is 0 Å². The first kappa shape index (κ1) is 14.2. The molecule has 1 N–H and O–H groups in total. The molecule has 0 fully saturated rings. The minimum absolute atomic E-state index is 0.499. The molecule has 98 valence electrons. The Morgan fingerprint density at radius 2 is 2.06 bits per heavy atom. The van der Waals surface area contributed by atoms with Gasteiger partial charge in [0, 0.05) is 37.4 Å². The third kappa shape index (κ3) is 3.82. The maximum absolute atomic E-state index is 4.43. The molecule has 0 bridgehead atoms. The van der Waals surface area contributed by atoms with Crippen LogP contribution in [-0.4, -0.2) is 40.9 Å². The van der Waals surface area contributed by atoms with Gasteiger partial charge in [0.15, 0.2) is 0 Å². The minimum atomic E-state index is 0.499. The number of nitrogens with zero attached hydrogens (tertiary/aromatic N) is 3. The molecule has 1 rings (SSSR count). The average molecular weight is 238 g/mol. The fourth-order valence-corrected chi connectivity index (χ4v) is 2.01. The van der Waals surface area contributed by atoms with Crippen LogP contribution in [0.25, 0.3) is 0 Å². The summed E-state index contributed by atoms with van der Waals surface area (Å²) in [6, 6.07) is 0.499. The van der Waals surface area contributed by atoms with E-state index in [1.165, 1.54) is 11.3 Å². The monoisotopic (exact) mass is 238 g/mol. The van der Waals surface area contributed by atoms with Gasteiger partial charge in [0.2, 0.25) is 0 Å². The van der Waals surface area contributed by atoms with Crippen molar-refractivity contribution in [3.8, 4) is 0 Å². The molecule has 0 saturated carbocycles. The van der Waals surface area contributed by atoms with Crippen LogP contribution in [-0.2, 0) is 13.6 Å². The van der Waals surface area contributed by atoms with Crippen LogP contribution >= 0.6 is 0 Å². The molecule has 0 aliphatic heterocycles. The number of hydrogen-bond acceptors (Lipinski definition) is 3. The highest BCUT2D eigenvalue weighted by molar-refractivity contribution is 5.24. The number of likely N-dealkylation sites (N-methyl/N-ethyl adjacent to an activating group) is 1. The second-order valence-corrected chi connectivity index (χ2v) is 4.91. The van der Waals surface area contributed by atoms with Crippen molar-refractivity contribution in [2.24, 2.45) is 7.05 Å². The Balaban J connectivity index is 2.50. The minimum Gasteiger partial charge on any atom is -0.309 e. The number of hydrogen-bond donors (Lipinski definition) is 1. The molecule has 4 nitrogen and oxygen atoms in total. The SMILES string of the molecule is CCN(C)CC(C)NCc1c(C)nn(C)c1C. The lowest BCUT2D eigenvalue weighted by Gasteiger charge is -2.20. The van der Waals surface area contributed by atoms with Crippen molar-refractivity contribution in [3.05, 3.63) is 17.0 Å². The topological polar surface area (TPSA) is 33.1 Å². The molecule has 17 heavy (non-hydrogen) atoms. The highest BCUT2D eigenvalue weighted by atomic mass is 15.3. The van der Waals surface area contributed by atoms with Crippen LogP contribution in [0.15, 0.2) is 0 Å². The summed E-state index contributed by atoms with van der Waals surface area (Å²) in [6.07, 6.45) is 0. The summed E-state index contributed by atoms with van der Waals surface area (Å²) in [6.45, 7) is 11.7. The van der Waals surface area contributed by atoms with Gasteiger partial charge < -0.3 is 10.2 Å². The van der Waals surface area contributed by atoms with Gasteiger partial charge in [-0.3, -0.25) is 4.68 Å². The van der Waals surface area contributed by atoms with Crippen molar-refractivity contribution >= 4 is 0 Å². The van der Waals surface area contributed by atoms with E-state index in [1.807, 2.05) is 11.7 Å². The van der Waals surface area contributed by atoms with Crippen molar-refractivity contribution in [1.29, 1.82) is 0 Å². The van der Waals surface area contributed by atoms with E-state index in [2.05, 4.69) is 50.1 Å². The van der Waals surface area contributed by atoms with Crippen molar-refractivity contribution in [3.63, 3.8) is 0 Å². The Morgan fingerprint density at radius 3 is 2.53 bits per heavy atom. The van der Waals surface area contributed by atoms with Gasteiger partial charge in [-0.15, -0.1) is 0 Å². The maximum atomic E-state index is 4.43. The summed E-state index contributed by atoms with van der Waals surface area (Å²) < 4.78 is 1.95. The molecule has 0 aromatic carbocycles. The van der Waals surface area contributed by atoms with E-state index in [4.69, 9.17) is 0 Å². The highest BCUT2D eigenvalue weighted by Gasteiger charge is 2.10. The predicted octanol–water partition coefficient (Wildman–Crippen LogP) is 1.47. The highest BCUT2D eigenvalue weighted by Crippen LogP contribution is 2.11. The second-order valence-electron chi connectivity index (χ2n) is 4.91. The summed E-state index contributed by atoms with van der Waals surface area (Å²) in [4.78, 5) is 2.32. The first-order valence-corrected chi connectivity index (χ1v) is 6.36. The Morgan fingerprint density at radius 1 is 1.41 bits per heavy atom. The smallest absolute Gasteiger partial charge is 0.0641 e. The fourth-order valence-electron chi connectivity index (χ4n) is 2.01. The Bertz CT molecular complexity index is 357. The van der Waals surface area contributed by atoms with Gasteiger partial charge in [-0.2, -0.15) is 5.10 Å². The third-order valence-electron chi connectivity index (χ3n) is 3.41. The fraction of sp³-hybridized carbons (Fsp3) is 0.769. The second kappa shape index (κ2) is 6.17. The Kier molecular flexibility index (Phi) is 5.15. The molecule has 1 atom stereocenters. The summed E-state index contributed by atoms with van der Waals surface area (Å²) in [5, 5.41) is 8.00. The first-order valence-electron chi connectivity index (χ1n) is 6.36. The van der Waals surface area contributed by atoms with Crippen molar-refractivity contribution in [2.75, 3.05) is 20.1 Å². The molecule has 0 saturated heterocycles. The van der Waals surface area contributed by atoms with Gasteiger partial charge in [0.05, 0.1) is 5.69 Å². The number of nitrogens with one attached hydrogen (secondary N) is 1. The maximum Gasteiger partial charge on any atom is 0.0641 e. The van der Waals surface area contributed by atoms with Crippen LogP contribution in [0.3, 0.4) is 0 Å². The molecule has 0 amide bonds. The van der Waals surface area contributed by atoms with Crippen LogP contribution in [0.1, 0.15) is 30.8 Å². The van der Waals surface area contributed by atoms with E-state index in [-0.39, 0.29) is 0 Å². The Labute approximate surface area is 105 Å². The number of aromatic nitrogens is 2. The van der Waals surface area contributed by atoms with Crippen LogP contribution in [0.5, 0.6) is 0 Å². The molecule has 0 aliphatic rings. The van der Waals surface area contributed by atoms with Gasteiger partial charge in [-0.05, 0) is 34.4 Å². The zero-order valence-electron chi connectivity index (χ0n) is 12.0. The van der Waals surface area contributed by atoms with Gasteiger partial charge in [-0.25, -0.2) is 0 Å².